The second kappa shape index (κ2) is 6.26. The number of amides is 1. The molecule has 1 aliphatic rings. The highest BCUT2D eigenvalue weighted by Gasteiger charge is 2.25. The third-order valence-electron chi connectivity index (χ3n) is 4.33. The van der Waals surface area contributed by atoms with Crippen LogP contribution in [0.4, 0.5) is 0 Å². The Labute approximate surface area is 124 Å². The summed E-state index contributed by atoms with van der Waals surface area (Å²) in [4.78, 5) is 16.5. The molecule has 112 valence electrons. The number of carbonyl (C=O) groups is 1. The lowest BCUT2D eigenvalue weighted by molar-refractivity contribution is -0.123. The number of para-hydroxylation sites is 2. The van der Waals surface area contributed by atoms with Crippen molar-refractivity contribution in [3.63, 3.8) is 0 Å². The molecule has 5 nitrogen and oxygen atoms in total. The number of hydrogen-bond donors (Lipinski definition) is 2. The smallest absolute Gasteiger partial charge is 0.240 e. The third kappa shape index (κ3) is 3.08. The molecule has 0 radical (unpaired) electrons. The molecule has 1 aromatic carbocycles. The number of fused-ring (bicyclic) bond motifs is 1. The molecule has 0 spiro atoms. The second-order valence-electron chi connectivity index (χ2n) is 5.76. The molecule has 1 aromatic heterocycles. The Morgan fingerprint density at radius 3 is 3.00 bits per heavy atom. The van der Waals surface area contributed by atoms with Gasteiger partial charge in [0.25, 0.3) is 0 Å². The van der Waals surface area contributed by atoms with Gasteiger partial charge in [0, 0.05) is 18.6 Å². The molecule has 0 aliphatic heterocycles. The lowest BCUT2D eigenvalue weighted by Gasteiger charge is -2.30. The van der Waals surface area contributed by atoms with Crippen LogP contribution in [0.5, 0.6) is 0 Å². The van der Waals surface area contributed by atoms with Gasteiger partial charge in [-0.25, -0.2) is 4.98 Å². The van der Waals surface area contributed by atoms with Gasteiger partial charge in [0.2, 0.25) is 5.91 Å². The maximum Gasteiger partial charge on any atom is 0.240 e. The molecule has 1 aliphatic carbocycles. The van der Waals surface area contributed by atoms with Crippen LogP contribution in [0.1, 0.15) is 25.7 Å². The minimum atomic E-state index is -0.0106. The fraction of sp³-hybridized carbons (Fsp3) is 0.500. The molecule has 1 heterocycles. The maximum atomic E-state index is 12.2. The zero-order valence-corrected chi connectivity index (χ0v) is 12.0. The molecule has 3 rings (SSSR count). The molecule has 2 aromatic rings. The Hall–Kier alpha value is -1.88. The van der Waals surface area contributed by atoms with E-state index >= 15 is 0 Å². The van der Waals surface area contributed by atoms with E-state index in [9.17, 15) is 9.90 Å². The van der Waals surface area contributed by atoms with Crippen LogP contribution in [0.2, 0.25) is 0 Å². The summed E-state index contributed by atoms with van der Waals surface area (Å²) in [6.07, 6.45) is 5.92. The van der Waals surface area contributed by atoms with E-state index in [0.29, 0.717) is 0 Å². The van der Waals surface area contributed by atoms with Crippen LogP contribution in [0, 0.1) is 5.92 Å². The number of nitrogens with one attached hydrogen (secondary N) is 1. The summed E-state index contributed by atoms with van der Waals surface area (Å²) in [6, 6.07) is 7.89. The lowest BCUT2D eigenvalue weighted by Crippen LogP contribution is -2.44. The molecule has 5 heteroatoms. The summed E-state index contributed by atoms with van der Waals surface area (Å²) in [6.45, 7) is 0.425. The fourth-order valence-electron chi connectivity index (χ4n) is 3.16. The summed E-state index contributed by atoms with van der Waals surface area (Å²) >= 11 is 0. The van der Waals surface area contributed by atoms with Gasteiger partial charge in [0.1, 0.15) is 6.54 Å². The minimum Gasteiger partial charge on any atom is -0.396 e. The van der Waals surface area contributed by atoms with Gasteiger partial charge in [-0.15, -0.1) is 0 Å². The Bertz CT molecular complexity index is 623. The summed E-state index contributed by atoms with van der Waals surface area (Å²) in [5.41, 5.74) is 1.87. The summed E-state index contributed by atoms with van der Waals surface area (Å²) in [5, 5.41) is 12.5. The van der Waals surface area contributed by atoms with Crippen LogP contribution >= 0.6 is 0 Å². The monoisotopic (exact) mass is 287 g/mol. The quantitative estimate of drug-likeness (QED) is 0.899. The van der Waals surface area contributed by atoms with E-state index in [2.05, 4.69) is 10.3 Å². The van der Waals surface area contributed by atoms with E-state index in [1.807, 2.05) is 28.8 Å². The number of aliphatic hydroxyl groups excluding tert-OH is 1. The highest BCUT2D eigenvalue weighted by atomic mass is 16.3. The van der Waals surface area contributed by atoms with Gasteiger partial charge in [-0.1, -0.05) is 25.0 Å². The predicted molar refractivity (Wildman–Crippen MR) is 80.7 cm³/mol. The maximum absolute atomic E-state index is 12.2. The van der Waals surface area contributed by atoms with Gasteiger partial charge < -0.3 is 15.0 Å². The normalized spacial score (nSPS) is 22.3. The van der Waals surface area contributed by atoms with Crippen molar-refractivity contribution in [2.75, 3.05) is 6.61 Å². The van der Waals surface area contributed by atoms with Crippen LogP contribution in [-0.2, 0) is 11.3 Å². The first-order chi connectivity index (χ1) is 10.3. The van der Waals surface area contributed by atoms with Crippen molar-refractivity contribution in [2.45, 2.75) is 38.3 Å². The fourth-order valence-corrected chi connectivity index (χ4v) is 3.16. The van der Waals surface area contributed by atoms with Gasteiger partial charge in [-0.05, 0) is 25.0 Å². The lowest BCUT2D eigenvalue weighted by atomic mass is 9.85. The van der Waals surface area contributed by atoms with Crippen molar-refractivity contribution in [1.29, 1.82) is 0 Å². The molecule has 2 atom stereocenters. The first-order valence-corrected chi connectivity index (χ1v) is 7.58. The Balaban J connectivity index is 1.66. The second-order valence-corrected chi connectivity index (χ2v) is 5.76. The zero-order valence-electron chi connectivity index (χ0n) is 12.0. The van der Waals surface area contributed by atoms with Gasteiger partial charge in [-0.3, -0.25) is 4.79 Å². The van der Waals surface area contributed by atoms with E-state index in [0.717, 1.165) is 36.7 Å². The first kappa shape index (κ1) is 14.1. The van der Waals surface area contributed by atoms with E-state index in [1.54, 1.807) is 6.33 Å². The van der Waals surface area contributed by atoms with Crippen molar-refractivity contribution in [3.8, 4) is 0 Å². The van der Waals surface area contributed by atoms with Crippen molar-refractivity contribution < 1.29 is 9.90 Å². The number of imidazole rings is 1. The third-order valence-corrected chi connectivity index (χ3v) is 4.33. The van der Waals surface area contributed by atoms with Gasteiger partial charge in [0.15, 0.2) is 0 Å². The average molecular weight is 287 g/mol. The van der Waals surface area contributed by atoms with Crippen LogP contribution in [0.25, 0.3) is 11.0 Å². The van der Waals surface area contributed by atoms with E-state index in [4.69, 9.17) is 0 Å². The standard InChI is InChI=1S/C16H21N3O2/c20-10-12-5-1-2-6-13(12)18-16(21)9-19-11-17-14-7-3-4-8-15(14)19/h3-4,7-8,11-13,20H,1-2,5-6,9-10H2,(H,18,21). The number of hydrogen-bond acceptors (Lipinski definition) is 3. The first-order valence-electron chi connectivity index (χ1n) is 7.58. The molecule has 1 saturated carbocycles. The average Bonchev–Trinajstić information content (AvgIpc) is 2.91. The predicted octanol–water partition coefficient (Wildman–Crippen LogP) is 1.70. The highest BCUT2D eigenvalue weighted by molar-refractivity contribution is 5.80. The van der Waals surface area contributed by atoms with Crippen molar-refractivity contribution in [2.24, 2.45) is 5.92 Å². The van der Waals surface area contributed by atoms with E-state index in [-0.39, 0.29) is 31.0 Å². The molecule has 21 heavy (non-hydrogen) atoms. The van der Waals surface area contributed by atoms with Crippen LogP contribution in [0.3, 0.4) is 0 Å². The van der Waals surface area contributed by atoms with Gasteiger partial charge >= 0.3 is 0 Å². The van der Waals surface area contributed by atoms with Gasteiger partial charge in [0.05, 0.1) is 17.4 Å². The highest BCUT2D eigenvalue weighted by Crippen LogP contribution is 2.24. The summed E-state index contributed by atoms with van der Waals surface area (Å²) < 4.78 is 1.86. The Kier molecular flexibility index (Phi) is 4.20. The van der Waals surface area contributed by atoms with E-state index < -0.39 is 0 Å². The molecule has 1 amide bonds. The van der Waals surface area contributed by atoms with E-state index in [1.165, 1.54) is 0 Å². The number of aliphatic hydroxyl groups is 1. The molecule has 1 fully saturated rings. The topological polar surface area (TPSA) is 67.2 Å². The zero-order chi connectivity index (χ0) is 14.7. The Morgan fingerprint density at radius 2 is 2.14 bits per heavy atom. The molecule has 0 bridgehead atoms. The largest absolute Gasteiger partial charge is 0.396 e. The van der Waals surface area contributed by atoms with Crippen molar-refractivity contribution >= 4 is 16.9 Å². The summed E-state index contributed by atoms with van der Waals surface area (Å²) in [5.74, 6) is 0.186. The number of nitrogens with zero attached hydrogens (tertiary/aromatic N) is 2. The number of aromatic nitrogens is 2. The van der Waals surface area contributed by atoms with Gasteiger partial charge in [-0.2, -0.15) is 0 Å². The molecular formula is C16H21N3O2. The van der Waals surface area contributed by atoms with Crippen molar-refractivity contribution in [3.05, 3.63) is 30.6 Å². The molecular weight excluding hydrogens is 266 g/mol. The Morgan fingerprint density at radius 1 is 1.33 bits per heavy atom. The SMILES string of the molecule is O=C(Cn1cnc2ccccc21)NC1CCCCC1CO. The molecule has 2 unspecified atom stereocenters. The number of benzene rings is 1. The molecule has 2 N–H and O–H groups in total. The van der Waals surface area contributed by atoms with Crippen LogP contribution in [-0.4, -0.2) is 33.2 Å². The number of carbonyl (C=O) groups excluding carboxylic acids is 1. The molecule has 0 saturated heterocycles. The summed E-state index contributed by atoms with van der Waals surface area (Å²) in [7, 11) is 0. The van der Waals surface area contributed by atoms with Crippen LogP contribution in [0.15, 0.2) is 30.6 Å². The minimum absolute atomic E-state index is 0.0106. The van der Waals surface area contributed by atoms with Crippen molar-refractivity contribution in [1.82, 2.24) is 14.9 Å². The van der Waals surface area contributed by atoms with Crippen LogP contribution < -0.4 is 5.32 Å². The number of rotatable bonds is 4.